The molecule has 1 aliphatic rings. The quantitative estimate of drug-likeness (QED) is 0.810. The maximum absolute atomic E-state index is 12.2. The van der Waals surface area contributed by atoms with Crippen LogP contribution in [0.4, 0.5) is 10.5 Å². The van der Waals surface area contributed by atoms with Crippen LogP contribution in [0, 0.1) is 0 Å². The highest BCUT2D eigenvalue weighted by Gasteiger charge is 2.31. The van der Waals surface area contributed by atoms with E-state index in [1.54, 1.807) is 0 Å². The Labute approximate surface area is 125 Å². The van der Waals surface area contributed by atoms with E-state index in [1.807, 2.05) is 29.2 Å². The summed E-state index contributed by atoms with van der Waals surface area (Å²) < 4.78 is 0. The fraction of sp³-hybridized carbons (Fsp3) is 0.500. The predicted molar refractivity (Wildman–Crippen MR) is 81.4 cm³/mol. The molecule has 2 amide bonds. The second kappa shape index (κ2) is 7.11. The number of rotatable bonds is 7. The third-order valence-corrected chi connectivity index (χ3v) is 3.55. The topological polar surface area (TPSA) is 69.6 Å². The van der Waals surface area contributed by atoms with E-state index in [4.69, 9.17) is 5.11 Å². The molecule has 1 saturated carbocycles. The minimum absolute atomic E-state index is 0.0439. The number of carbonyl (C=O) groups excluding carboxylic acids is 1. The van der Waals surface area contributed by atoms with Crippen molar-refractivity contribution in [2.45, 2.75) is 45.1 Å². The minimum Gasteiger partial charge on any atom is -0.481 e. The third-order valence-electron chi connectivity index (χ3n) is 3.55. The summed E-state index contributed by atoms with van der Waals surface area (Å²) in [4.78, 5) is 24.7. The molecule has 1 fully saturated rings. The molecule has 0 aliphatic heterocycles. The summed E-state index contributed by atoms with van der Waals surface area (Å²) in [5.41, 5.74) is 1.71. The molecule has 1 aliphatic carbocycles. The maximum Gasteiger partial charge on any atom is 0.322 e. The molecule has 0 spiro atoms. The molecule has 5 heteroatoms. The van der Waals surface area contributed by atoms with Crippen molar-refractivity contribution in [1.29, 1.82) is 0 Å². The van der Waals surface area contributed by atoms with E-state index in [0.717, 1.165) is 37.1 Å². The molecule has 0 radical (unpaired) electrons. The highest BCUT2D eigenvalue weighted by atomic mass is 16.4. The Kier molecular flexibility index (Phi) is 5.20. The van der Waals surface area contributed by atoms with E-state index in [2.05, 4.69) is 12.2 Å². The molecule has 0 saturated heterocycles. The van der Waals surface area contributed by atoms with Crippen molar-refractivity contribution in [2.75, 3.05) is 11.9 Å². The Morgan fingerprint density at radius 1 is 1.29 bits per heavy atom. The van der Waals surface area contributed by atoms with Gasteiger partial charge in [-0.2, -0.15) is 0 Å². The SMILES string of the molecule is CCCN(C(=O)Nc1ccc(CCC(=O)O)cc1)C1CC1. The van der Waals surface area contributed by atoms with Crippen molar-refractivity contribution < 1.29 is 14.7 Å². The van der Waals surface area contributed by atoms with Crippen LogP contribution in [0.3, 0.4) is 0 Å². The first kappa shape index (κ1) is 15.4. The number of carbonyl (C=O) groups is 2. The smallest absolute Gasteiger partial charge is 0.322 e. The number of carboxylic acid groups (broad SMARTS) is 1. The first-order valence-electron chi connectivity index (χ1n) is 7.48. The lowest BCUT2D eigenvalue weighted by atomic mass is 10.1. The maximum atomic E-state index is 12.2. The number of carboxylic acids is 1. The van der Waals surface area contributed by atoms with E-state index in [9.17, 15) is 9.59 Å². The molecule has 1 aromatic carbocycles. The molecule has 5 nitrogen and oxygen atoms in total. The van der Waals surface area contributed by atoms with Gasteiger partial charge < -0.3 is 15.3 Å². The van der Waals surface area contributed by atoms with Crippen LogP contribution in [0.25, 0.3) is 0 Å². The monoisotopic (exact) mass is 290 g/mol. The van der Waals surface area contributed by atoms with Gasteiger partial charge in [0.05, 0.1) is 0 Å². The van der Waals surface area contributed by atoms with Crippen molar-refractivity contribution in [1.82, 2.24) is 4.90 Å². The van der Waals surface area contributed by atoms with Crippen molar-refractivity contribution in [3.05, 3.63) is 29.8 Å². The van der Waals surface area contributed by atoms with Crippen molar-refractivity contribution >= 4 is 17.7 Å². The van der Waals surface area contributed by atoms with E-state index in [1.165, 1.54) is 0 Å². The van der Waals surface area contributed by atoms with Gasteiger partial charge in [-0.25, -0.2) is 4.79 Å². The summed E-state index contributed by atoms with van der Waals surface area (Å²) in [6.07, 6.45) is 3.78. The normalized spacial score (nSPS) is 13.8. The van der Waals surface area contributed by atoms with E-state index >= 15 is 0 Å². The Morgan fingerprint density at radius 2 is 1.95 bits per heavy atom. The first-order chi connectivity index (χ1) is 10.1. The second-order valence-corrected chi connectivity index (χ2v) is 5.45. The summed E-state index contributed by atoms with van der Waals surface area (Å²) >= 11 is 0. The average Bonchev–Trinajstić information content (AvgIpc) is 3.28. The Hall–Kier alpha value is -2.04. The molecular weight excluding hydrogens is 268 g/mol. The number of aryl methyl sites for hydroxylation is 1. The first-order valence-corrected chi connectivity index (χ1v) is 7.48. The molecule has 0 heterocycles. The zero-order valence-electron chi connectivity index (χ0n) is 12.3. The summed E-state index contributed by atoms with van der Waals surface area (Å²) in [5.74, 6) is -0.799. The van der Waals surface area contributed by atoms with Crippen LogP contribution in [0.2, 0.25) is 0 Å². The molecule has 114 valence electrons. The van der Waals surface area contributed by atoms with Gasteiger partial charge in [-0.05, 0) is 43.4 Å². The zero-order chi connectivity index (χ0) is 15.2. The fourth-order valence-corrected chi connectivity index (χ4v) is 2.28. The molecular formula is C16H22N2O3. The average molecular weight is 290 g/mol. The van der Waals surface area contributed by atoms with Crippen molar-refractivity contribution in [3.8, 4) is 0 Å². The number of anilines is 1. The molecule has 0 bridgehead atoms. The van der Waals surface area contributed by atoms with Crippen LogP contribution in [-0.4, -0.2) is 34.6 Å². The second-order valence-electron chi connectivity index (χ2n) is 5.45. The third kappa shape index (κ3) is 4.77. The van der Waals surface area contributed by atoms with Gasteiger partial charge in [0.15, 0.2) is 0 Å². The van der Waals surface area contributed by atoms with Crippen molar-refractivity contribution in [3.63, 3.8) is 0 Å². The number of nitrogens with zero attached hydrogens (tertiary/aromatic N) is 1. The molecule has 0 unspecified atom stereocenters. The Bertz CT molecular complexity index is 495. The lowest BCUT2D eigenvalue weighted by Gasteiger charge is -2.22. The zero-order valence-corrected chi connectivity index (χ0v) is 12.3. The van der Waals surface area contributed by atoms with Crippen LogP contribution < -0.4 is 5.32 Å². The van der Waals surface area contributed by atoms with Crippen molar-refractivity contribution in [2.24, 2.45) is 0 Å². The number of hydrogen-bond acceptors (Lipinski definition) is 2. The molecule has 1 aromatic rings. The van der Waals surface area contributed by atoms with E-state index < -0.39 is 5.97 Å². The van der Waals surface area contributed by atoms with Gasteiger partial charge in [0.2, 0.25) is 0 Å². The number of urea groups is 1. The van der Waals surface area contributed by atoms with E-state index in [-0.39, 0.29) is 12.5 Å². The molecule has 2 rings (SSSR count). The predicted octanol–water partition coefficient (Wildman–Crippen LogP) is 3.11. The van der Waals surface area contributed by atoms with E-state index in [0.29, 0.717) is 12.5 Å². The standard InChI is InChI=1S/C16H22N2O3/c1-2-11-18(14-8-9-14)16(21)17-13-6-3-12(4-7-13)5-10-15(19)20/h3-4,6-7,14H,2,5,8-11H2,1H3,(H,17,21)(H,19,20). The summed E-state index contributed by atoms with van der Waals surface area (Å²) in [5, 5.41) is 11.6. The lowest BCUT2D eigenvalue weighted by molar-refractivity contribution is -0.136. The van der Waals surface area contributed by atoms with Gasteiger partial charge in [0, 0.05) is 24.7 Å². The summed E-state index contributed by atoms with van der Waals surface area (Å²) in [6, 6.07) is 7.73. The van der Waals surface area contributed by atoms with Crippen LogP contribution >= 0.6 is 0 Å². The van der Waals surface area contributed by atoms with Gasteiger partial charge in [-0.15, -0.1) is 0 Å². The minimum atomic E-state index is -0.799. The Balaban J connectivity index is 1.89. The number of amides is 2. The number of hydrogen-bond donors (Lipinski definition) is 2. The largest absolute Gasteiger partial charge is 0.481 e. The van der Waals surface area contributed by atoms with Gasteiger partial charge in [-0.1, -0.05) is 19.1 Å². The van der Waals surface area contributed by atoms with Gasteiger partial charge >= 0.3 is 12.0 Å². The van der Waals surface area contributed by atoms with Crippen LogP contribution in [-0.2, 0) is 11.2 Å². The van der Waals surface area contributed by atoms with Crippen LogP contribution in [0.5, 0.6) is 0 Å². The number of aliphatic carboxylic acids is 1. The van der Waals surface area contributed by atoms with Gasteiger partial charge in [-0.3, -0.25) is 4.79 Å². The fourth-order valence-electron chi connectivity index (χ4n) is 2.28. The van der Waals surface area contributed by atoms with Gasteiger partial charge in [0.25, 0.3) is 0 Å². The number of nitrogens with one attached hydrogen (secondary N) is 1. The molecule has 21 heavy (non-hydrogen) atoms. The summed E-state index contributed by atoms with van der Waals surface area (Å²) in [6.45, 7) is 2.85. The van der Waals surface area contributed by atoms with Crippen LogP contribution in [0.15, 0.2) is 24.3 Å². The number of benzene rings is 1. The molecule has 2 N–H and O–H groups in total. The summed E-state index contributed by atoms with van der Waals surface area (Å²) in [7, 11) is 0. The molecule has 0 aromatic heterocycles. The van der Waals surface area contributed by atoms with Crippen LogP contribution in [0.1, 0.15) is 38.2 Å². The highest BCUT2D eigenvalue weighted by molar-refractivity contribution is 5.89. The van der Waals surface area contributed by atoms with Gasteiger partial charge in [0.1, 0.15) is 0 Å². The highest BCUT2D eigenvalue weighted by Crippen LogP contribution is 2.27. The Morgan fingerprint density at radius 3 is 2.48 bits per heavy atom. The lowest BCUT2D eigenvalue weighted by Crippen LogP contribution is -2.37. The molecule has 0 atom stereocenters.